The van der Waals surface area contributed by atoms with Gasteiger partial charge in [-0.2, -0.15) is 5.10 Å². The van der Waals surface area contributed by atoms with Gasteiger partial charge in [0.05, 0.1) is 11.9 Å². The molecule has 96 valence electrons. The molecule has 0 saturated heterocycles. The van der Waals surface area contributed by atoms with Crippen LogP contribution in [0.3, 0.4) is 0 Å². The third-order valence-electron chi connectivity index (χ3n) is 3.07. The van der Waals surface area contributed by atoms with Crippen LogP contribution < -0.4 is 11.4 Å². The molecule has 0 unspecified atom stereocenters. The quantitative estimate of drug-likeness (QED) is 0.720. The zero-order valence-corrected chi connectivity index (χ0v) is 10.4. The number of H-pyrrole nitrogens is 1. The Morgan fingerprint density at radius 2 is 2.00 bits per heavy atom. The molecule has 2 aromatic heterocycles. The number of benzene rings is 1. The molecule has 1 aromatic carbocycles. The number of nitrogens with one attached hydrogen (secondary N) is 1. The summed E-state index contributed by atoms with van der Waals surface area (Å²) >= 11 is 0. The number of aromatic amines is 1. The first-order chi connectivity index (χ1) is 9.18. The van der Waals surface area contributed by atoms with Crippen molar-refractivity contribution in [3.8, 4) is 16.8 Å². The van der Waals surface area contributed by atoms with Crippen molar-refractivity contribution in [1.29, 1.82) is 0 Å². The van der Waals surface area contributed by atoms with E-state index < -0.39 is 0 Å². The number of para-hydroxylation sites is 1. The fourth-order valence-corrected chi connectivity index (χ4v) is 2.07. The molecule has 2 heterocycles. The molecule has 6 nitrogen and oxygen atoms in total. The Morgan fingerprint density at radius 1 is 1.21 bits per heavy atom. The number of aryl methyl sites for hydroxylation is 1. The number of hydrogen-bond donors (Lipinski definition) is 2. The predicted octanol–water partition coefficient (Wildman–Crippen LogP) is 1.15. The van der Waals surface area contributed by atoms with Gasteiger partial charge in [0.15, 0.2) is 0 Å². The number of imidazole rings is 1. The van der Waals surface area contributed by atoms with E-state index in [1.165, 1.54) is 4.57 Å². The normalized spacial score (nSPS) is 10.8. The van der Waals surface area contributed by atoms with Crippen LogP contribution in [-0.2, 0) is 7.05 Å². The van der Waals surface area contributed by atoms with E-state index in [0.29, 0.717) is 5.82 Å². The van der Waals surface area contributed by atoms with Crippen LogP contribution in [0.2, 0.25) is 0 Å². The van der Waals surface area contributed by atoms with Crippen LogP contribution in [0.4, 0.5) is 5.82 Å². The zero-order valence-electron chi connectivity index (χ0n) is 10.4. The summed E-state index contributed by atoms with van der Waals surface area (Å²) in [5.41, 5.74) is 8.18. The van der Waals surface area contributed by atoms with Gasteiger partial charge < -0.3 is 10.3 Å². The summed E-state index contributed by atoms with van der Waals surface area (Å²) in [6.45, 7) is 0. The summed E-state index contributed by atoms with van der Waals surface area (Å²) in [6.07, 6.45) is 5.11. The van der Waals surface area contributed by atoms with E-state index >= 15 is 0 Å². The maximum absolute atomic E-state index is 12.0. The molecule has 0 aliphatic carbocycles. The van der Waals surface area contributed by atoms with E-state index in [1.54, 1.807) is 30.2 Å². The predicted molar refractivity (Wildman–Crippen MR) is 73.0 cm³/mol. The van der Waals surface area contributed by atoms with Crippen LogP contribution in [0.5, 0.6) is 0 Å². The van der Waals surface area contributed by atoms with Crippen molar-refractivity contribution >= 4 is 5.82 Å². The molecule has 3 rings (SSSR count). The lowest BCUT2D eigenvalue weighted by Gasteiger charge is -2.08. The lowest BCUT2D eigenvalue weighted by atomic mass is 10.1. The summed E-state index contributed by atoms with van der Waals surface area (Å²) in [6, 6.07) is 7.58. The molecule has 0 aliphatic heterocycles. The van der Waals surface area contributed by atoms with Gasteiger partial charge in [-0.25, -0.2) is 4.79 Å². The molecular formula is C13H13N5O. The van der Waals surface area contributed by atoms with E-state index in [1.807, 2.05) is 24.3 Å². The number of nitrogens with zero attached hydrogens (tertiary/aromatic N) is 3. The highest BCUT2D eigenvalue weighted by Gasteiger charge is 2.12. The van der Waals surface area contributed by atoms with Gasteiger partial charge >= 0.3 is 5.69 Å². The molecule has 19 heavy (non-hydrogen) atoms. The number of nitrogen functional groups attached to an aromatic ring is 1. The van der Waals surface area contributed by atoms with Crippen molar-refractivity contribution < 1.29 is 0 Å². The smallest absolute Gasteiger partial charge is 0.332 e. The van der Waals surface area contributed by atoms with Gasteiger partial charge in [0.25, 0.3) is 0 Å². The van der Waals surface area contributed by atoms with Crippen LogP contribution in [0.25, 0.3) is 16.8 Å². The van der Waals surface area contributed by atoms with Gasteiger partial charge in [0.2, 0.25) is 0 Å². The maximum atomic E-state index is 12.0. The van der Waals surface area contributed by atoms with E-state index in [0.717, 1.165) is 16.8 Å². The number of hydrogen-bond acceptors (Lipinski definition) is 3. The van der Waals surface area contributed by atoms with Gasteiger partial charge in [-0.1, -0.05) is 18.2 Å². The number of rotatable bonds is 2. The first-order valence-electron chi connectivity index (χ1n) is 5.81. The Balaban J connectivity index is 2.27. The van der Waals surface area contributed by atoms with E-state index in [4.69, 9.17) is 5.73 Å². The highest BCUT2D eigenvalue weighted by atomic mass is 16.1. The van der Waals surface area contributed by atoms with Crippen molar-refractivity contribution in [2.45, 2.75) is 0 Å². The Bertz CT molecular complexity index is 780. The second-order valence-electron chi connectivity index (χ2n) is 4.28. The summed E-state index contributed by atoms with van der Waals surface area (Å²) in [5, 5.41) is 6.62. The Hall–Kier alpha value is -2.76. The topological polar surface area (TPSA) is 81.6 Å². The molecule has 0 fully saturated rings. The van der Waals surface area contributed by atoms with Crippen molar-refractivity contribution in [2.24, 2.45) is 7.05 Å². The van der Waals surface area contributed by atoms with Gasteiger partial charge in [0.1, 0.15) is 5.82 Å². The second-order valence-corrected chi connectivity index (χ2v) is 4.28. The summed E-state index contributed by atoms with van der Waals surface area (Å²) in [7, 11) is 1.72. The number of aromatic nitrogens is 4. The Morgan fingerprint density at radius 3 is 2.63 bits per heavy atom. The second kappa shape index (κ2) is 4.16. The first kappa shape index (κ1) is 11.3. The maximum Gasteiger partial charge on any atom is 0.332 e. The highest BCUT2D eigenvalue weighted by Crippen LogP contribution is 2.28. The number of anilines is 1. The summed E-state index contributed by atoms with van der Waals surface area (Å²) in [4.78, 5) is 12.0. The lowest BCUT2D eigenvalue weighted by molar-refractivity contribution is 0.824. The minimum Gasteiger partial charge on any atom is -0.384 e. The van der Waals surface area contributed by atoms with Gasteiger partial charge in [-0.15, -0.1) is 0 Å². The molecule has 0 atom stereocenters. The standard InChI is InChI=1S/C13H13N5O/c1-17-6-7-18(13(17)19)11-5-3-2-4-9(11)10-8-15-16-12(10)14/h2-8H,1H3,(H3,14,15,16). The van der Waals surface area contributed by atoms with Crippen molar-refractivity contribution in [3.05, 3.63) is 53.3 Å². The molecule has 0 aliphatic rings. The van der Waals surface area contributed by atoms with Crippen molar-refractivity contribution in [1.82, 2.24) is 19.3 Å². The third-order valence-corrected chi connectivity index (χ3v) is 3.07. The van der Waals surface area contributed by atoms with Gasteiger partial charge in [0, 0.05) is 30.6 Å². The van der Waals surface area contributed by atoms with Crippen molar-refractivity contribution in [3.63, 3.8) is 0 Å². The molecule has 0 bridgehead atoms. The van der Waals surface area contributed by atoms with Crippen LogP contribution in [-0.4, -0.2) is 19.3 Å². The fraction of sp³-hybridized carbons (Fsp3) is 0.0769. The van der Waals surface area contributed by atoms with Gasteiger partial charge in [-0.3, -0.25) is 9.67 Å². The van der Waals surface area contributed by atoms with E-state index in [-0.39, 0.29) is 5.69 Å². The van der Waals surface area contributed by atoms with E-state index in [2.05, 4.69) is 10.2 Å². The average Bonchev–Trinajstić information content (AvgIpc) is 2.98. The number of nitrogens with two attached hydrogens (primary N) is 1. The lowest BCUT2D eigenvalue weighted by Crippen LogP contribution is -2.20. The van der Waals surface area contributed by atoms with Gasteiger partial charge in [-0.05, 0) is 6.07 Å². The monoisotopic (exact) mass is 255 g/mol. The third kappa shape index (κ3) is 1.74. The highest BCUT2D eigenvalue weighted by molar-refractivity contribution is 5.79. The average molecular weight is 255 g/mol. The largest absolute Gasteiger partial charge is 0.384 e. The molecule has 6 heteroatoms. The van der Waals surface area contributed by atoms with Crippen LogP contribution in [0, 0.1) is 0 Å². The molecule has 0 spiro atoms. The minimum absolute atomic E-state index is 0.102. The van der Waals surface area contributed by atoms with Crippen molar-refractivity contribution in [2.75, 3.05) is 5.73 Å². The molecular weight excluding hydrogens is 242 g/mol. The first-order valence-corrected chi connectivity index (χ1v) is 5.81. The molecule has 0 amide bonds. The summed E-state index contributed by atoms with van der Waals surface area (Å²) < 4.78 is 3.11. The SMILES string of the molecule is Cn1ccn(-c2ccccc2-c2cn[nH]c2N)c1=O. The fourth-order valence-electron chi connectivity index (χ4n) is 2.07. The zero-order chi connectivity index (χ0) is 13.4. The molecule has 3 aromatic rings. The molecule has 0 radical (unpaired) electrons. The van der Waals surface area contributed by atoms with Crippen LogP contribution in [0.15, 0.2) is 47.7 Å². The molecule has 0 saturated carbocycles. The van der Waals surface area contributed by atoms with E-state index in [9.17, 15) is 4.79 Å². The molecule has 3 N–H and O–H groups in total. The Labute approximate surface area is 109 Å². The van der Waals surface area contributed by atoms with Crippen LogP contribution >= 0.6 is 0 Å². The Kier molecular flexibility index (Phi) is 2.49. The van der Waals surface area contributed by atoms with Crippen LogP contribution in [0.1, 0.15) is 0 Å². The summed E-state index contributed by atoms with van der Waals surface area (Å²) in [5.74, 6) is 0.483. The minimum atomic E-state index is -0.102.